The third kappa shape index (κ3) is 4.52. The standard InChI is InChI=1S/C16H24N2O3/c1-16(20,7-8-21-2)11-18-15(19)14-9-12-5-3-4-6-13(12)10-17-14/h3-6,14,17,20H,7-11H2,1-2H3,(H,18,19)/t14-,16?/m0/s1. The highest BCUT2D eigenvalue weighted by Crippen LogP contribution is 2.16. The van der Waals surface area contributed by atoms with Crippen LogP contribution in [0.2, 0.25) is 0 Å². The monoisotopic (exact) mass is 292 g/mol. The molecule has 1 unspecified atom stereocenters. The van der Waals surface area contributed by atoms with Crippen LogP contribution in [-0.2, 0) is 22.5 Å². The number of methoxy groups -OCH3 is 1. The van der Waals surface area contributed by atoms with Crippen LogP contribution in [0.15, 0.2) is 24.3 Å². The SMILES string of the molecule is COCCC(C)(O)CNC(=O)[C@@H]1Cc2ccccc2CN1. The molecule has 1 aliphatic rings. The molecule has 0 aliphatic carbocycles. The van der Waals surface area contributed by atoms with E-state index in [0.29, 0.717) is 26.0 Å². The number of aliphatic hydroxyl groups is 1. The number of fused-ring (bicyclic) bond motifs is 1. The topological polar surface area (TPSA) is 70.6 Å². The molecule has 0 bridgehead atoms. The summed E-state index contributed by atoms with van der Waals surface area (Å²) >= 11 is 0. The molecule has 2 rings (SSSR count). The second kappa shape index (κ2) is 7.02. The van der Waals surface area contributed by atoms with Crippen LogP contribution in [0.4, 0.5) is 0 Å². The fraction of sp³-hybridized carbons (Fsp3) is 0.562. The van der Waals surface area contributed by atoms with Crippen LogP contribution >= 0.6 is 0 Å². The molecular formula is C16H24N2O3. The lowest BCUT2D eigenvalue weighted by Crippen LogP contribution is -2.51. The van der Waals surface area contributed by atoms with E-state index in [1.54, 1.807) is 14.0 Å². The molecule has 2 atom stereocenters. The van der Waals surface area contributed by atoms with Crippen LogP contribution in [0.5, 0.6) is 0 Å². The third-order valence-corrected chi connectivity index (χ3v) is 3.89. The highest BCUT2D eigenvalue weighted by atomic mass is 16.5. The molecule has 1 aliphatic heterocycles. The van der Waals surface area contributed by atoms with Gasteiger partial charge < -0.3 is 20.5 Å². The second-order valence-electron chi connectivity index (χ2n) is 5.86. The Morgan fingerprint density at radius 3 is 2.90 bits per heavy atom. The Morgan fingerprint density at radius 2 is 2.19 bits per heavy atom. The van der Waals surface area contributed by atoms with E-state index in [0.717, 1.165) is 0 Å². The molecule has 1 aromatic carbocycles. The van der Waals surface area contributed by atoms with Crippen LogP contribution in [-0.4, -0.2) is 42.9 Å². The first kappa shape index (κ1) is 15.9. The van der Waals surface area contributed by atoms with Gasteiger partial charge in [-0.25, -0.2) is 0 Å². The van der Waals surface area contributed by atoms with Gasteiger partial charge in [0.15, 0.2) is 0 Å². The molecule has 1 amide bonds. The van der Waals surface area contributed by atoms with Crippen molar-refractivity contribution < 1.29 is 14.6 Å². The summed E-state index contributed by atoms with van der Waals surface area (Å²) < 4.78 is 4.95. The first-order chi connectivity index (χ1) is 10.0. The average Bonchev–Trinajstić information content (AvgIpc) is 2.50. The zero-order valence-electron chi connectivity index (χ0n) is 12.7. The Kier molecular flexibility index (Phi) is 5.33. The Labute approximate surface area is 125 Å². The van der Waals surface area contributed by atoms with E-state index in [1.165, 1.54) is 11.1 Å². The van der Waals surface area contributed by atoms with Crippen molar-refractivity contribution in [1.29, 1.82) is 0 Å². The molecule has 0 radical (unpaired) electrons. The van der Waals surface area contributed by atoms with Gasteiger partial charge >= 0.3 is 0 Å². The lowest BCUT2D eigenvalue weighted by molar-refractivity contribution is -0.124. The van der Waals surface area contributed by atoms with E-state index in [2.05, 4.69) is 22.8 Å². The van der Waals surface area contributed by atoms with E-state index in [4.69, 9.17) is 4.74 Å². The summed E-state index contributed by atoms with van der Waals surface area (Å²) in [4.78, 5) is 12.2. The van der Waals surface area contributed by atoms with E-state index < -0.39 is 5.60 Å². The maximum Gasteiger partial charge on any atom is 0.237 e. The third-order valence-electron chi connectivity index (χ3n) is 3.89. The lowest BCUT2D eigenvalue weighted by Gasteiger charge is -2.28. The lowest BCUT2D eigenvalue weighted by atomic mass is 9.95. The molecule has 0 saturated heterocycles. The van der Waals surface area contributed by atoms with Crippen molar-refractivity contribution in [2.75, 3.05) is 20.3 Å². The molecular weight excluding hydrogens is 268 g/mol. The molecule has 0 saturated carbocycles. The first-order valence-corrected chi connectivity index (χ1v) is 7.31. The molecule has 1 heterocycles. The first-order valence-electron chi connectivity index (χ1n) is 7.31. The summed E-state index contributed by atoms with van der Waals surface area (Å²) in [7, 11) is 1.60. The predicted molar refractivity (Wildman–Crippen MR) is 80.9 cm³/mol. The van der Waals surface area contributed by atoms with Crippen molar-refractivity contribution in [1.82, 2.24) is 10.6 Å². The van der Waals surface area contributed by atoms with E-state index in [1.807, 2.05) is 12.1 Å². The highest BCUT2D eigenvalue weighted by molar-refractivity contribution is 5.82. The average molecular weight is 292 g/mol. The van der Waals surface area contributed by atoms with Gasteiger partial charge in [0.05, 0.1) is 11.6 Å². The summed E-state index contributed by atoms with van der Waals surface area (Å²) in [6.45, 7) is 3.11. The zero-order valence-corrected chi connectivity index (χ0v) is 12.7. The van der Waals surface area contributed by atoms with Gasteiger partial charge in [-0.2, -0.15) is 0 Å². The maximum absolute atomic E-state index is 12.2. The van der Waals surface area contributed by atoms with Crippen LogP contribution in [0.3, 0.4) is 0 Å². The van der Waals surface area contributed by atoms with Crippen LogP contribution in [0.1, 0.15) is 24.5 Å². The quantitative estimate of drug-likeness (QED) is 0.718. The fourth-order valence-electron chi connectivity index (χ4n) is 2.45. The van der Waals surface area contributed by atoms with Crippen LogP contribution in [0.25, 0.3) is 0 Å². The summed E-state index contributed by atoms with van der Waals surface area (Å²) in [5.41, 5.74) is 1.51. The van der Waals surface area contributed by atoms with Gasteiger partial charge in [-0.3, -0.25) is 4.79 Å². The van der Waals surface area contributed by atoms with Crippen molar-refractivity contribution >= 4 is 5.91 Å². The number of rotatable bonds is 6. The van der Waals surface area contributed by atoms with Gasteiger partial charge in [0.25, 0.3) is 0 Å². The number of nitrogens with one attached hydrogen (secondary N) is 2. The van der Waals surface area contributed by atoms with Gasteiger partial charge in [-0.05, 0) is 24.5 Å². The number of carbonyl (C=O) groups excluding carboxylic acids is 1. The molecule has 116 valence electrons. The van der Waals surface area contributed by atoms with Gasteiger partial charge in [0, 0.05) is 33.2 Å². The fourth-order valence-corrected chi connectivity index (χ4v) is 2.45. The van der Waals surface area contributed by atoms with Gasteiger partial charge in [-0.15, -0.1) is 0 Å². The normalized spacial score (nSPS) is 20.4. The largest absolute Gasteiger partial charge is 0.388 e. The summed E-state index contributed by atoms with van der Waals surface area (Å²) in [6.07, 6.45) is 1.17. The van der Waals surface area contributed by atoms with Crippen molar-refractivity contribution in [2.24, 2.45) is 0 Å². The molecule has 21 heavy (non-hydrogen) atoms. The van der Waals surface area contributed by atoms with Crippen LogP contribution < -0.4 is 10.6 Å². The minimum atomic E-state index is -0.946. The van der Waals surface area contributed by atoms with Crippen molar-refractivity contribution in [3.05, 3.63) is 35.4 Å². The summed E-state index contributed by atoms with van der Waals surface area (Å²) in [5, 5.41) is 16.2. The van der Waals surface area contributed by atoms with E-state index >= 15 is 0 Å². The minimum Gasteiger partial charge on any atom is -0.388 e. The maximum atomic E-state index is 12.2. The van der Waals surface area contributed by atoms with Gasteiger partial charge in [-0.1, -0.05) is 24.3 Å². The number of hydrogen-bond acceptors (Lipinski definition) is 4. The molecule has 5 heteroatoms. The van der Waals surface area contributed by atoms with Crippen molar-refractivity contribution in [2.45, 2.75) is 38.0 Å². The number of carbonyl (C=O) groups is 1. The Morgan fingerprint density at radius 1 is 1.48 bits per heavy atom. The molecule has 5 nitrogen and oxygen atoms in total. The minimum absolute atomic E-state index is 0.0674. The molecule has 1 aromatic rings. The van der Waals surface area contributed by atoms with E-state index in [-0.39, 0.29) is 18.5 Å². The van der Waals surface area contributed by atoms with Crippen molar-refractivity contribution in [3.8, 4) is 0 Å². The second-order valence-corrected chi connectivity index (χ2v) is 5.86. The predicted octanol–water partition coefficient (Wildman–Crippen LogP) is 0.605. The smallest absolute Gasteiger partial charge is 0.237 e. The molecule has 3 N–H and O–H groups in total. The van der Waals surface area contributed by atoms with Gasteiger partial charge in [0.2, 0.25) is 5.91 Å². The molecule has 0 spiro atoms. The summed E-state index contributed by atoms with van der Waals surface area (Å²) in [5.74, 6) is -0.0674. The molecule has 0 aromatic heterocycles. The van der Waals surface area contributed by atoms with Crippen LogP contribution in [0, 0.1) is 0 Å². The molecule has 0 fully saturated rings. The number of hydrogen-bond donors (Lipinski definition) is 3. The highest BCUT2D eigenvalue weighted by Gasteiger charge is 2.26. The zero-order chi connectivity index (χ0) is 15.3. The van der Waals surface area contributed by atoms with Gasteiger partial charge in [0.1, 0.15) is 0 Å². The van der Waals surface area contributed by atoms with E-state index in [9.17, 15) is 9.90 Å². The van der Waals surface area contributed by atoms with Crippen molar-refractivity contribution in [3.63, 3.8) is 0 Å². The number of ether oxygens (including phenoxy) is 1. The Bertz CT molecular complexity index is 488. The summed E-state index contributed by atoms with van der Waals surface area (Å²) in [6, 6.07) is 7.90. The number of benzene rings is 1. The Balaban J connectivity index is 1.85. The Hall–Kier alpha value is -1.43. The number of amides is 1.